The van der Waals surface area contributed by atoms with Gasteiger partial charge in [0, 0.05) is 19.0 Å². The summed E-state index contributed by atoms with van der Waals surface area (Å²) in [5, 5.41) is 0. The van der Waals surface area contributed by atoms with E-state index in [2.05, 4.69) is 71.0 Å². The molecule has 0 saturated carbocycles. The van der Waals surface area contributed by atoms with Gasteiger partial charge in [0.2, 0.25) is 5.91 Å². The minimum absolute atomic E-state index is 0.195. The number of hydrogen-bond acceptors (Lipinski definition) is 2. The summed E-state index contributed by atoms with van der Waals surface area (Å²) < 4.78 is 2.12. The zero-order valence-electron chi connectivity index (χ0n) is 18.6. The molecule has 4 aromatic rings. The van der Waals surface area contributed by atoms with Crippen molar-refractivity contribution in [2.75, 3.05) is 6.54 Å². The number of hydrogen-bond donors (Lipinski definition) is 0. The Morgan fingerprint density at radius 2 is 1.62 bits per heavy atom. The van der Waals surface area contributed by atoms with Gasteiger partial charge in [-0.05, 0) is 55.0 Å². The standard InChI is InChI=1S/C28H29N3O/c1-21-9-7-8-18-30(21)28(32)20-31-26-13-6-5-12-25(26)29-27(31)19-22-14-16-24(17-15-22)23-10-3-2-4-11-23/h2-6,10-17,21H,7-9,18-20H2,1H3. The molecule has 32 heavy (non-hydrogen) atoms. The van der Waals surface area contributed by atoms with Crippen LogP contribution in [-0.4, -0.2) is 32.9 Å². The van der Waals surface area contributed by atoms with Crippen LogP contribution in [-0.2, 0) is 17.8 Å². The second kappa shape index (κ2) is 8.99. The highest BCUT2D eigenvalue weighted by Crippen LogP contribution is 2.23. The third kappa shape index (κ3) is 4.18. The first kappa shape index (κ1) is 20.5. The molecule has 1 amide bonds. The van der Waals surface area contributed by atoms with Gasteiger partial charge in [-0.2, -0.15) is 0 Å². The van der Waals surface area contributed by atoms with E-state index in [1.165, 1.54) is 23.1 Å². The van der Waals surface area contributed by atoms with Crippen molar-refractivity contribution in [2.24, 2.45) is 0 Å². The van der Waals surface area contributed by atoms with Gasteiger partial charge in [-0.3, -0.25) is 4.79 Å². The molecule has 4 heteroatoms. The van der Waals surface area contributed by atoms with Crippen LogP contribution in [0.15, 0.2) is 78.9 Å². The quantitative estimate of drug-likeness (QED) is 0.413. The molecule has 0 aliphatic carbocycles. The van der Waals surface area contributed by atoms with Crippen molar-refractivity contribution in [1.82, 2.24) is 14.5 Å². The number of fused-ring (bicyclic) bond motifs is 1. The van der Waals surface area contributed by atoms with Crippen molar-refractivity contribution in [3.8, 4) is 11.1 Å². The third-order valence-corrected chi connectivity index (χ3v) is 6.57. The van der Waals surface area contributed by atoms with Gasteiger partial charge in [0.1, 0.15) is 12.4 Å². The molecule has 0 N–H and O–H groups in total. The fourth-order valence-corrected chi connectivity index (χ4v) is 4.76. The zero-order chi connectivity index (χ0) is 21.9. The lowest BCUT2D eigenvalue weighted by Gasteiger charge is -2.33. The van der Waals surface area contributed by atoms with E-state index in [9.17, 15) is 4.79 Å². The number of piperidine rings is 1. The van der Waals surface area contributed by atoms with Crippen molar-refractivity contribution in [3.05, 3.63) is 90.3 Å². The van der Waals surface area contributed by atoms with Gasteiger partial charge in [-0.25, -0.2) is 4.98 Å². The molecule has 1 aliphatic heterocycles. The Labute approximate surface area is 189 Å². The first-order chi connectivity index (χ1) is 15.7. The molecule has 0 radical (unpaired) electrons. The monoisotopic (exact) mass is 423 g/mol. The number of amides is 1. The molecule has 0 bridgehead atoms. The lowest BCUT2D eigenvalue weighted by atomic mass is 10.0. The minimum Gasteiger partial charge on any atom is -0.338 e. The van der Waals surface area contributed by atoms with Crippen LogP contribution in [0.25, 0.3) is 22.2 Å². The number of rotatable bonds is 5. The molecule has 2 heterocycles. The predicted molar refractivity (Wildman–Crippen MR) is 129 cm³/mol. The van der Waals surface area contributed by atoms with Crippen molar-refractivity contribution in [2.45, 2.75) is 45.2 Å². The lowest BCUT2D eigenvalue weighted by molar-refractivity contribution is -0.135. The van der Waals surface area contributed by atoms with Gasteiger partial charge in [0.15, 0.2) is 0 Å². The summed E-state index contributed by atoms with van der Waals surface area (Å²) >= 11 is 0. The number of para-hydroxylation sites is 2. The highest BCUT2D eigenvalue weighted by atomic mass is 16.2. The average Bonchev–Trinajstić information content (AvgIpc) is 3.17. The summed E-state index contributed by atoms with van der Waals surface area (Å²) in [5.41, 5.74) is 5.59. The van der Waals surface area contributed by atoms with E-state index in [1.54, 1.807) is 0 Å². The topological polar surface area (TPSA) is 38.1 Å². The third-order valence-electron chi connectivity index (χ3n) is 6.57. The number of carbonyl (C=O) groups excluding carboxylic acids is 1. The highest BCUT2D eigenvalue weighted by Gasteiger charge is 2.24. The number of likely N-dealkylation sites (tertiary alicyclic amines) is 1. The number of carbonyl (C=O) groups is 1. The van der Waals surface area contributed by atoms with Gasteiger partial charge in [-0.1, -0.05) is 66.7 Å². The Bertz CT molecular complexity index is 1210. The lowest BCUT2D eigenvalue weighted by Crippen LogP contribution is -2.43. The first-order valence-corrected chi connectivity index (χ1v) is 11.6. The molecule has 1 fully saturated rings. The molecule has 3 aromatic carbocycles. The normalized spacial score (nSPS) is 16.4. The van der Waals surface area contributed by atoms with Crippen LogP contribution in [0, 0.1) is 0 Å². The van der Waals surface area contributed by atoms with Crippen molar-refractivity contribution < 1.29 is 4.79 Å². The van der Waals surface area contributed by atoms with Crippen molar-refractivity contribution in [1.29, 1.82) is 0 Å². The van der Waals surface area contributed by atoms with Crippen LogP contribution < -0.4 is 0 Å². The van der Waals surface area contributed by atoms with Gasteiger partial charge in [0.05, 0.1) is 11.0 Å². The van der Waals surface area contributed by atoms with Crippen molar-refractivity contribution in [3.63, 3.8) is 0 Å². The molecule has 1 aromatic heterocycles. The number of aromatic nitrogens is 2. The molecular weight excluding hydrogens is 394 g/mol. The summed E-state index contributed by atoms with van der Waals surface area (Å²) in [5.74, 6) is 1.14. The van der Waals surface area contributed by atoms with Gasteiger partial charge < -0.3 is 9.47 Å². The Morgan fingerprint density at radius 3 is 2.41 bits per heavy atom. The van der Waals surface area contributed by atoms with Gasteiger partial charge >= 0.3 is 0 Å². The minimum atomic E-state index is 0.195. The van der Waals surface area contributed by atoms with Crippen LogP contribution in [0.5, 0.6) is 0 Å². The fraction of sp³-hybridized carbons (Fsp3) is 0.286. The SMILES string of the molecule is CC1CCCCN1C(=O)Cn1c(Cc2ccc(-c3ccccc3)cc2)nc2ccccc21. The molecule has 1 atom stereocenters. The van der Waals surface area contributed by atoms with Crippen molar-refractivity contribution >= 4 is 16.9 Å². The summed E-state index contributed by atoms with van der Waals surface area (Å²) in [4.78, 5) is 20.2. The molecular formula is C28H29N3O. The summed E-state index contributed by atoms with van der Waals surface area (Å²) in [7, 11) is 0. The van der Waals surface area contributed by atoms with Crippen LogP contribution in [0.1, 0.15) is 37.6 Å². The summed E-state index contributed by atoms with van der Waals surface area (Å²) in [6.45, 7) is 3.38. The molecule has 162 valence electrons. The second-order valence-electron chi connectivity index (χ2n) is 8.77. The van der Waals surface area contributed by atoms with Crippen LogP contribution in [0.2, 0.25) is 0 Å². The predicted octanol–water partition coefficient (Wildman–Crippen LogP) is 5.70. The Balaban J connectivity index is 1.42. The number of imidazole rings is 1. The van der Waals surface area contributed by atoms with E-state index < -0.39 is 0 Å². The molecule has 0 spiro atoms. The molecule has 4 nitrogen and oxygen atoms in total. The number of benzene rings is 3. The molecule has 5 rings (SSSR count). The molecule has 1 aliphatic rings. The fourth-order valence-electron chi connectivity index (χ4n) is 4.76. The Morgan fingerprint density at radius 1 is 0.906 bits per heavy atom. The van der Waals surface area contributed by atoms with Gasteiger partial charge in [0.25, 0.3) is 0 Å². The number of nitrogens with zero attached hydrogens (tertiary/aromatic N) is 3. The van der Waals surface area contributed by atoms with E-state index in [0.29, 0.717) is 19.0 Å². The summed E-state index contributed by atoms with van der Waals surface area (Å²) in [6.07, 6.45) is 4.11. The van der Waals surface area contributed by atoms with Crippen LogP contribution in [0.3, 0.4) is 0 Å². The maximum atomic E-state index is 13.2. The summed E-state index contributed by atoms with van der Waals surface area (Å²) in [6, 6.07) is 27.5. The smallest absolute Gasteiger partial charge is 0.242 e. The molecule has 1 unspecified atom stereocenters. The molecule has 1 saturated heterocycles. The van der Waals surface area contributed by atoms with E-state index >= 15 is 0 Å². The second-order valence-corrected chi connectivity index (χ2v) is 8.77. The Hall–Kier alpha value is -3.40. The maximum Gasteiger partial charge on any atom is 0.242 e. The van der Waals surface area contributed by atoms with Gasteiger partial charge in [-0.15, -0.1) is 0 Å². The average molecular weight is 424 g/mol. The highest BCUT2D eigenvalue weighted by molar-refractivity contribution is 5.81. The van der Waals surface area contributed by atoms with Crippen LogP contribution in [0.4, 0.5) is 0 Å². The largest absolute Gasteiger partial charge is 0.338 e. The first-order valence-electron chi connectivity index (χ1n) is 11.6. The van der Waals surface area contributed by atoms with E-state index in [-0.39, 0.29) is 5.91 Å². The van der Waals surface area contributed by atoms with E-state index in [4.69, 9.17) is 4.98 Å². The van der Waals surface area contributed by atoms with E-state index in [1.807, 2.05) is 24.3 Å². The van der Waals surface area contributed by atoms with E-state index in [0.717, 1.165) is 36.2 Å². The Kier molecular flexibility index (Phi) is 5.76. The van der Waals surface area contributed by atoms with Crippen LogP contribution >= 0.6 is 0 Å². The maximum absolute atomic E-state index is 13.2. The zero-order valence-corrected chi connectivity index (χ0v) is 18.6.